The number of anilines is 1. The van der Waals surface area contributed by atoms with Gasteiger partial charge in [-0.1, -0.05) is 11.8 Å². The molecular weight excluding hydrogens is 316 g/mol. The number of thioether (sulfide) groups is 1. The van der Waals surface area contributed by atoms with Crippen LogP contribution in [0.15, 0.2) is 28.2 Å². The van der Waals surface area contributed by atoms with Gasteiger partial charge < -0.3 is 5.32 Å². The molecule has 0 bridgehead atoms. The maximum absolute atomic E-state index is 12.0. The molecule has 0 radical (unpaired) electrons. The topological polar surface area (TPSA) is 97.6 Å². The van der Waals surface area contributed by atoms with E-state index in [9.17, 15) is 9.59 Å². The third-order valence-electron chi connectivity index (χ3n) is 3.46. The van der Waals surface area contributed by atoms with Gasteiger partial charge in [-0.3, -0.25) is 19.0 Å². The molecule has 23 heavy (non-hydrogen) atoms. The number of benzene rings is 1. The van der Waals surface area contributed by atoms with Crippen molar-refractivity contribution < 1.29 is 4.79 Å². The zero-order chi connectivity index (χ0) is 16.6. The molecule has 3 aromatic rings. The fourth-order valence-corrected chi connectivity index (χ4v) is 2.94. The number of imidazole rings is 1. The molecular formula is C14H16N6O2S. The average Bonchev–Trinajstić information content (AvgIpc) is 3.04. The third kappa shape index (κ3) is 3.00. The van der Waals surface area contributed by atoms with Crippen molar-refractivity contribution in [3.05, 3.63) is 34.5 Å². The van der Waals surface area contributed by atoms with E-state index in [1.165, 1.54) is 11.8 Å². The van der Waals surface area contributed by atoms with Crippen LogP contribution in [0.25, 0.3) is 11.0 Å². The summed E-state index contributed by atoms with van der Waals surface area (Å²) in [6, 6.07) is 5.38. The standard InChI is InChI=1S/C14H16N6O2S/c1-8-15-13(18-17-8)23-7-12(21)16-9-4-5-10-11(6-9)20(3)14(22)19(10)2/h4-6H,7H2,1-3H3,(H,16,21)(H,15,17,18). The second-order valence-electron chi connectivity index (χ2n) is 5.14. The number of carbonyl (C=O) groups excluding carboxylic acids is 1. The van der Waals surface area contributed by atoms with Crippen molar-refractivity contribution in [2.24, 2.45) is 14.1 Å². The molecule has 2 heterocycles. The number of carbonyl (C=O) groups is 1. The maximum atomic E-state index is 12.0. The first-order valence-corrected chi connectivity index (χ1v) is 7.91. The number of aryl methyl sites for hydroxylation is 3. The normalized spacial score (nSPS) is 11.1. The van der Waals surface area contributed by atoms with Gasteiger partial charge in [-0.05, 0) is 25.1 Å². The summed E-state index contributed by atoms with van der Waals surface area (Å²) in [6.07, 6.45) is 0. The molecule has 0 saturated heterocycles. The van der Waals surface area contributed by atoms with Crippen LogP contribution < -0.4 is 11.0 Å². The quantitative estimate of drug-likeness (QED) is 0.696. The monoisotopic (exact) mass is 332 g/mol. The van der Waals surface area contributed by atoms with Gasteiger partial charge in [0.15, 0.2) is 0 Å². The lowest BCUT2D eigenvalue weighted by Gasteiger charge is -2.05. The first kappa shape index (κ1) is 15.3. The second kappa shape index (κ2) is 5.92. The average molecular weight is 332 g/mol. The summed E-state index contributed by atoms with van der Waals surface area (Å²) in [5, 5.41) is 10.1. The molecule has 120 valence electrons. The number of nitrogens with one attached hydrogen (secondary N) is 2. The molecule has 9 heteroatoms. The Morgan fingerprint density at radius 3 is 2.74 bits per heavy atom. The predicted molar refractivity (Wildman–Crippen MR) is 88.6 cm³/mol. The predicted octanol–water partition coefficient (Wildman–Crippen LogP) is 1.03. The fourth-order valence-electron chi connectivity index (χ4n) is 2.30. The smallest absolute Gasteiger partial charge is 0.325 e. The van der Waals surface area contributed by atoms with E-state index in [2.05, 4.69) is 20.5 Å². The number of aromatic amines is 1. The summed E-state index contributed by atoms with van der Waals surface area (Å²) in [6.45, 7) is 1.80. The van der Waals surface area contributed by atoms with E-state index < -0.39 is 0 Å². The molecule has 1 aromatic carbocycles. The molecule has 3 rings (SSSR count). The van der Waals surface area contributed by atoms with Gasteiger partial charge in [-0.25, -0.2) is 9.78 Å². The molecule has 0 fully saturated rings. The van der Waals surface area contributed by atoms with E-state index >= 15 is 0 Å². The number of rotatable bonds is 4. The van der Waals surface area contributed by atoms with E-state index in [1.54, 1.807) is 42.3 Å². The Kier molecular flexibility index (Phi) is 3.95. The van der Waals surface area contributed by atoms with E-state index in [1.807, 2.05) is 6.07 Å². The van der Waals surface area contributed by atoms with Crippen molar-refractivity contribution in [2.75, 3.05) is 11.1 Å². The van der Waals surface area contributed by atoms with Crippen LogP contribution in [0, 0.1) is 6.92 Å². The van der Waals surface area contributed by atoms with Crippen LogP contribution in [0.3, 0.4) is 0 Å². The largest absolute Gasteiger partial charge is 0.328 e. The number of nitrogens with zero attached hydrogens (tertiary/aromatic N) is 4. The molecule has 0 aliphatic carbocycles. The van der Waals surface area contributed by atoms with Gasteiger partial charge in [0.25, 0.3) is 0 Å². The molecule has 0 aliphatic rings. The zero-order valence-electron chi connectivity index (χ0n) is 13.0. The molecule has 2 aromatic heterocycles. The molecule has 0 aliphatic heterocycles. The third-order valence-corrected chi connectivity index (χ3v) is 4.31. The van der Waals surface area contributed by atoms with Gasteiger partial charge >= 0.3 is 5.69 Å². The lowest BCUT2D eigenvalue weighted by atomic mass is 10.2. The summed E-state index contributed by atoms with van der Waals surface area (Å²) in [5.74, 6) is 0.768. The first-order valence-electron chi connectivity index (χ1n) is 6.93. The summed E-state index contributed by atoms with van der Waals surface area (Å²) in [5.41, 5.74) is 2.14. The molecule has 1 amide bonds. The van der Waals surface area contributed by atoms with Gasteiger partial charge in [0, 0.05) is 19.8 Å². The number of fused-ring (bicyclic) bond motifs is 1. The summed E-state index contributed by atoms with van der Waals surface area (Å²) in [7, 11) is 3.43. The van der Waals surface area contributed by atoms with Crippen molar-refractivity contribution in [3.8, 4) is 0 Å². The highest BCUT2D eigenvalue weighted by Crippen LogP contribution is 2.18. The lowest BCUT2D eigenvalue weighted by Crippen LogP contribution is -2.19. The Balaban J connectivity index is 1.72. The van der Waals surface area contributed by atoms with E-state index in [-0.39, 0.29) is 17.3 Å². The Hall–Kier alpha value is -2.55. The zero-order valence-corrected chi connectivity index (χ0v) is 13.8. The van der Waals surface area contributed by atoms with Crippen LogP contribution in [-0.2, 0) is 18.9 Å². The van der Waals surface area contributed by atoms with E-state index in [0.29, 0.717) is 16.7 Å². The van der Waals surface area contributed by atoms with Crippen LogP contribution in [-0.4, -0.2) is 36.0 Å². The van der Waals surface area contributed by atoms with Crippen LogP contribution in [0.5, 0.6) is 0 Å². The van der Waals surface area contributed by atoms with Crippen molar-refractivity contribution in [2.45, 2.75) is 12.1 Å². The summed E-state index contributed by atoms with van der Waals surface area (Å²) < 4.78 is 3.12. The van der Waals surface area contributed by atoms with E-state index in [4.69, 9.17) is 0 Å². The van der Waals surface area contributed by atoms with Gasteiger partial charge in [-0.2, -0.15) is 0 Å². The second-order valence-corrected chi connectivity index (χ2v) is 6.09. The highest BCUT2D eigenvalue weighted by Gasteiger charge is 2.10. The highest BCUT2D eigenvalue weighted by atomic mass is 32.2. The Morgan fingerprint density at radius 1 is 1.30 bits per heavy atom. The SMILES string of the molecule is Cc1nc(SCC(=O)Nc2ccc3c(c2)n(C)c(=O)n3C)n[nH]1. The number of amides is 1. The summed E-state index contributed by atoms with van der Waals surface area (Å²) >= 11 is 1.26. The minimum Gasteiger partial charge on any atom is -0.325 e. The molecule has 0 saturated carbocycles. The van der Waals surface area contributed by atoms with E-state index in [0.717, 1.165) is 11.0 Å². The Bertz CT molecular complexity index is 939. The van der Waals surface area contributed by atoms with Gasteiger partial charge in [0.2, 0.25) is 11.1 Å². The molecule has 0 spiro atoms. The van der Waals surface area contributed by atoms with Gasteiger partial charge in [-0.15, -0.1) is 5.10 Å². The van der Waals surface area contributed by atoms with Crippen molar-refractivity contribution in [3.63, 3.8) is 0 Å². The minimum atomic E-state index is -0.155. The highest BCUT2D eigenvalue weighted by molar-refractivity contribution is 7.99. The van der Waals surface area contributed by atoms with Gasteiger partial charge in [0.05, 0.1) is 16.8 Å². The lowest BCUT2D eigenvalue weighted by molar-refractivity contribution is -0.113. The van der Waals surface area contributed by atoms with Crippen molar-refractivity contribution in [1.82, 2.24) is 24.3 Å². The number of aromatic nitrogens is 5. The number of hydrogen-bond acceptors (Lipinski definition) is 5. The molecule has 0 unspecified atom stereocenters. The molecule has 0 atom stereocenters. The Labute approximate surface area is 135 Å². The minimum absolute atomic E-state index is 0.0981. The number of H-pyrrole nitrogens is 1. The van der Waals surface area contributed by atoms with Crippen LogP contribution in [0.1, 0.15) is 5.82 Å². The first-order chi connectivity index (χ1) is 11.0. The van der Waals surface area contributed by atoms with Crippen LogP contribution in [0.4, 0.5) is 5.69 Å². The van der Waals surface area contributed by atoms with Crippen LogP contribution >= 0.6 is 11.8 Å². The summed E-state index contributed by atoms with van der Waals surface area (Å²) in [4.78, 5) is 28.0. The fraction of sp³-hybridized carbons (Fsp3) is 0.286. The van der Waals surface area contributed by atoms with Crippen LogP contribution in [0.2, 0.25) is 0 Å². The maximum Gasteiger partial charge on any atom is 0.328 e. The molecule has 2 N–H and O–H groups in total. The Morgan fingerprint density at radius 2 is 2.04 bits per heavy atom. The van der Waals surface area contributed by atoms with Gasteiger partial charge in [0.1, 0.15) is 5.82 Å². The van der Waals surface area contributed by atoms with Crippen molar-refractivity contribution in [1.29, 1.82) is 0 Å². The number of hydrogen-bond donors (Lipinski definition) is 2. The van der Waals surface area contributed by atoms with Crippen molar-refractivity contribution >= 4 is 34.4 Å². The molecule has 8 nitrogen and oxygen atoms in total.